The maximum absolute atomic E-state index is 12.2. The molecule has 3 aromatic rings. The van der Waals surface area contributed by atoms with Crippen LogP contribution in [0.4, 0.5) is 28.6 Å². The van der Waals surface area contributed by atoms with Crippen LogP contribution in [-0.2, 0) is 0 Å². The summed E-state index contributed by atoms with van der Waals surface area (Å²) in [5, 5.41) is 18.7. The molecular weight excluding hydrogens is 448 g/mol. The number of carbonyl (C=O) groups excluding carboxylic acids is 1. The summed E-state index contributed by atoms with van der Waals surface area (Å²) in [5.41, 5.74) is 3.88. The molecule has 0 saturated carbocycles. The first-order valence-electron chi connectivity index (χ1n) is 10.9. The van der Waals surface area contributed by atoms with Gasteiger partial charge in [0, 0.05) is 55.7 Å². The van der Waals surface area contributed by atoms with Gasteiger partial charge in [-0.2, -0.15) is 17.0 Å². The number of ether oxygens (including phenoxy) is 1. The van der Waals surface area contributed by atoms with Crippen molar-refractivity contribution in [1.29, 1.82) is 5.26 Å². The van der Waals surface area contributed by atoms with Crippen LogP contribution in [0.5, 0.6) is 5.75 Å². The second-order valence-electron chi connectivity index (χ2n) is 7.59. The van der Waals surface area contributed by atoms with Crippen molar-refractivity contribution in [2.24, 2.45) is 0 Å². The monoisotopic (exact) mass is 474 g/mol. The highest BCUT2D eigenvalue weighted by Crippen LogP contribution is 2.34. The number of para-hydroxylation sites is 1. The van der Waals surface area contributed by atoms with Crippen molar-refractivity contribution < 1.29 is 9.53 Å². The Morgan fingerprint density at radius 3 is 2.62 bits per heavy atom. The number of carbonyl (C=O) groups is 1. The average molecular weight is 475 g/mol. The molecule has 9 heteroatoms. The van der Waals surface area contributed by atoms with Crippen LogP contribution < -0.4 is 25.6 Å². The molecule has 8 nitrogen and oxygen atoms in total. The molecule has 3 N–H and O–H groups in total. The molecular formula is C25H26N6O2S. The van der Waals surface area contributed by atoms with E-state index in [2.05, 4.69) is 38.0 Å². The van der Waals surface area contributed by atoms with E-state index in [1.54, 1.807) is 38.4 Å². The lowest BCUT2D eigenvalue weighted by Crippen LogP contribution is -2.32. The number of thioether (sulfide) groups is 1. The summed E-state index contributed by atoms with van der Waals surface area (Å²) in [7, 11) is 3.22. The summed E-state index contributed by atoms with van der Waals surface area (Å²) in [6, 6.07) is 17.1. The number of rotatable bonds is 7. The van der Waals surface area contributed by atoms with Gasteiger partial charge in [0.1, 0.15) is 17.6 Å². The molecule has 0 bridgehead atoms. The third-order valence-electron chi connectivity index (χ3n) is 5.52. The van der Waals surface area contributed by atoms with E-state index >= 15 is 0 Å². The van der Waals surface area contributed by atoms with Crippen LogP contribution in [0.15, 0.2) is 54.7 Å². The van der Waals surface area contributed by atoms with Crippen molar-refractivity contribution in [2.75, 3.05) is 54.3 Å². The first-order chi connectivity index (χ1) is 16.6. The minimum absolute atomic E-state index is 0.217. The van der Waals surface area contributed by atoms with Crippen molar-refractivity contribution in [2.45, 2.75) is 0 Å². The van der Waals surface area contributed by atoms with Gasteiger partial charge in [-0.15, -0.1) is 0 Å². The largest absolute Gasteiger partial charge is 0.494 e. The highest BCUT2D eigenvalue weighted by Gasteiger charge is 2.15. The first kappa shape index (κ1) is 23.3. The van der Waals surface area contributed by atoms with Crippen LogP contribution >= 0.6 is 11.8 Å². The fourth-order valence-electron chi connectivity index (χ4n) is 3.73. The zero-order valence-electron chi connectivity index (χ0n) is 19.1. The molecule has 1 amide bonds. The van der Waals surface area contributed by atoms with E-state index < -0.39 is 0 Å². The topological polar surface area (TPSA) is 102 Å². The average Bonchev–Trinajstić information content (AvgIpc) is 2.89. The quantitative estimate of drug-likeness (QED) is 0.464. The van der Waals surface area contributed by atoms with Crippen molar-refractivity contribution in [3.63, 3.8) is 0 Å². The molecule has 2 heterocycles. The summed E-state index contributed by atoms with van der Waals surface area (Å²) in [5.74, 6) is 3.28. The highest BCUT2D eigenvalue weighted by atomic mass is 32.2. The van der Waals surface area contributed by atoms with Crippen LogP contribution in [0.1, 0.15) is 15.9 Å². The Bertz CT molecular complexity index is 1220. The minimum atomic E-state index is -0.217. The molecule has 0 radical (unpaired) electrons. The number of aromatic nitrogens is 1. The van der Waals surface area contributed by atoms with Gasteiger partial charge >= 0.3 is 0 Å². The lowest BCUT2D eigenvalue weighted by atomic mass is 10.1. The number of amides is 1. The number of hydrogen-bond acceptors (Lipinski definition) is 8. The first-order valence-corrected chi connectivity index (χ1v) is 12.0. The van der Waals surface area contributed by atoms with E-state index in [1.807, 2.05) is 30.0 Å². The normalized spacial score (nSPS) is 13.0. The van der Waals surface area contributed by atoms with Crippen LogP contribution in [-0.4, -0.2) is 49.6 Å². The van der Waals surface area contributed by atoms with Crippen molar-refractivity contribution in [1.82, 2.24) is 10.3 Å². The molecule has 34 heavy (non-hydrogen) atoms. The third kappa shape index (κ3) is 5.18. The van der Waals surface area contributed by atoms with Crippen molar-refractivity contribution in [3.8, 4) is 11.8 Å². The Morgan fingerprint density at radius 2 is 1.88 bits per heavy atom. The van der Waals surface area contributed by atoms with E-state index in [0.717, 1.165) is 36.0 Å². The van der Waals surface area contributed by atoms with Gasteiger partial charge in [0.2, 0.25) is 0 Å². The Hall–Kier alpha value is -3.90. The van der Waals surface area contributed by atoms with Crippen LogP contribution in [0.3, 0.4) is 0 Å². The van der Waals surface area contributed by atoms with Gasteiger partial charge in [-0.05, 0) is 24.3 Å². The lowest BCUT2D eigenvalue weighted by Gasteiger charge is -2.29. The second-order valence-corrected chi connectivity index (χ2v) is 8.81. The molecule has 1 aromatic heterocycles. The molecule has 4 rings (SSSR count). The van der Waals surface area contributed by atoms with E-state index in [1.165, 1.54) is 6.20 Å². The maximum atomic E-state index is 12.2. The van der Waals surface area contributed by atoms with Gasteiger partial charge < -0.3 is 25.6 Å². The number of anilines is 5. The third-order valence-corrected chi connectivity index (χ3v) is 6.46. The number of nitrogens with zero attached hydrogens (tertiary/aromatic N) is 3. The fourth-order valence-corrected chi connectivity index (χ4v) is 4.63. The highest BCUT2D eigenvalue weighted by molar-refractivity contribution is 7.99. The Morgan fingerprint density at radius 1 is 1.09 bits per heavy atom. The van der Waals surface area contributed by atoms with Gasteiger partial charge in [0.25, 0.3) is 5.91 Å². The molecule has 1 fully saturated rings. The number of nitriles is 1. The lowest BCUT2D eigenvalue weighted by molar-refractivity contribution is 0.0964. The van der Waals surface area contributed by atoms with E-state index in [0.29, 0.717) is 34.1 Å². The number of hydrogen-bond donors (Lipinski definition) is 3. The summed E-state index contributed by atoms with van der Waals surface area (Å²) < 4.78 is 5.64. The van der Waals surface area contributed by atoms with Gasteiger partial charge in [0.15, 0.2) is 0 Å². The molecule has 0 atom stereocenters. The molecule has 0 unspecified atom stereocenters. The van der Waals surface area contributed by atoms with Gasteiger partial charge in [0.05, 0.1) is 35.3 Å². The molecule has 1 saturated heterocycles. The summed E-state index contributed by atoms with van der Waals surface area (Å²) in [4.78, 5) is 19.0. The van der Waals surface area contributed by atoms with Crippen molar-refractivity contribution >= 4 is 46.2 Å². The number of nitrogens with one attached hydrogen (secondary N) is 3. The molecule has 2 aromatic carbocycles. The summed E-state index contributed by atoms with van der Waals surface area (Å²) in [6.07, 6.45) is 1.50. The van der Waals surface area contributed by atoms with E-state index in [9.17, 15) is 10.1 Å². The minimum Gasteiger partial charge on any atom is -0.494 e. The van der Waals surface area contributed by atoms with Gasteiger partial charge in [-0.3, -0.25) is 4.79 Å². The summed E-state index contributed by atoms with van der Waals surface area (Å²) >= 11 is 1.97. The number of benzene rings is 2. The number of methoxy groups -OCH3 is 1. The van der Waals surface area contributed by atoms with E-state index in [4.69, 9.17) is 4.74 Å². The predicted molar refractivity (Wildman–Crippen MR) is 138 cm³/mol. The molecule has 0 spiro atoms. The maximum Gasteiger partial charge on any atom is 0.253 e. The molecule has 1 aliphatic heterocycles. The van der Waals surface area contributed by atoms with Gasteiger partial charge in [-0.1, -0.05) is 12.1 Å². The zero-order valence-corrected chi connectivity index (χ0v) is 19.9. The Balaban J connectivity index is 1.60. The molecule has 0 aliphatic carbocycles. The fraction of sp³-hybridized carbons (Fsp3) is 0.240. The van der Waals surface area contributed by atoms with Crippen LogP contribution in [0.2, 0.25) is 0 Å². The molecule has 174 valence electrons. The van der Waals surface area contributed by atoms with Crippen LogP contribution in [0, 0.1) is 11.3 Å². The number of pyridine rings is 1. The predicted octanol–water partition coefficient (Wildman–Crippen LogP) is 4.36. The molecule has 1 aliphatic rings. The summed E-state index contributed by atoms with van der Waals surface area (Å²) in [6.45, 7) is 2.04. The Kier molecular flexibility index (Phi) is 7.40. The van der Waals surface area contributed by atoms with Crippen LogP contribution in [0.25, 0.3) is 0 Å². The zero-order chi connectivity index (χ0) is 23.9. The van der Waals surface area contributed by atoms with Crippen molar-refractivity contribution in [3.05, 3.63) is 65.9 Å². The van der Waals surface area contributed by atoms with Gasteiger partial charge in [-0.25, -0.2) is 4.98 Å². The smallest absolute Gasteiger partial charge is 0.253 e. The SMILES string of the molecule is CNC(=O)c1ccccc1Nc1cc(Nc2ccc(N3CCSCC3)cc2OC)ncc1C#N. The van der Waals surface area contributed by atoms with E-state index in [-0.39, 0.29) is 5.91 Å². The standard InChI is InChI=1S/C25H26N6O2S/c1-27-25(32)19-5-3-4-6-20(19)29-22-14-24(28-16-17(22)15-26)30-21-8-7-18(13-23(21)33-2)31-9-11-34-12-10-31/h3-8,13-14,16H,9-12H2,1-2H3,(H,27,32)(H2,28,29,30). The Labute approximate surface area is 203 Å². The second kappa shape index (κ2) is 10.8.